The Morgan fingerprint density at radius 2 is 1.90 bits per heavy atom. The van der Waals surface area contributed by atoms with Crippen LogP contribution in [0.3, 0.4) is 0 Å². The Balaban J connectivity index is 1.45. The zero-order chi connectivity index (χ0) is 22.4. The summed E-state index contributed by atoms with van der Waals surface area (Å²) < 4.78 is 2.06. The predicted octanol–water partition coefficient (Wildman–Crippen LogP) is 2.75. The minimum Gasteiger partial charge on any atom is -0.356 e. The van der Waals surface area contributed by atoms with Crippen LogP contribution >= 0.6 is 11.6 Å². The Morgan fingerprint density at radius 1 is 1.19 bits per heavy atom. The summed E-state index contributed by atoms with van der Waals surface area (Å²) >= 11 is 6.03. The maximum Gasteiger partial charge on any atom is 0.227 e. The van der Waals surface area contributed by atoms with E-state index in [-0.39, 0.29) is 5.91 Å². The van der Waals surface area contributed by atoms with Gasteiger partial charge in [0.25, 0.3) is 0 Å². The van der Waals surface area contributed by atoms with E-state index in [0.717, 1.165) is 43.4 Å². The first-order valence-corrected chi connectivity index (χ1v) is 11.2. The van der Waals surface area contributed by atoms with Crippen LogP contribution in [0.1, 0.15) is 23.9 Å². The van der Waals surface area contributed by atoms with Crippen molar-refractivity contribution in [1.29, 1.82) is 0 Å². The second-order valence-corrected chi connectivity index (χ2v) is 8.75. The van der Waals surface area contributed by atoms with Gasteiger partial charge in [0.1, 0.15) is 0 Å². The number of aliphatic imine (C=N–C) groups is 1. The van der Waals surface area contributed by atoms with Crippen LogP contribution < -0.4 is 5.32 Å². The highest BCUT2D eigenvalue weighted by Gasteiger charge is 2.23. The summed E-state index contributed by atoms with van der Waals surface area (Å²) in [6, 6.07) is 9.61. The minimum atomic E-state index is 0.142. The Labute approximate surface area is 190 Å². The van der Waals surface area contributed by atoms with Gasteiger partial charge in [-0.25, -0.2) is 0 Å². The van der Waals surface area contributed by atoms with Gasteiger partial charge < -0.3 is 15.1 Å². The molecule has 0 aliphatic carbocycles. The molecule has 0 bridgehead atoms. The van der Waals surface area contributed by atoms with E-state index in [9.17, 15) is 4.79 Å². The molecule has 31 heavy (non-hydrogen) atoms. The third-order valence-corrected chi connectivity index (χ3v) is 5.82. The Hall–Kier alpha value is -2.54. The second-order valence-electron chi connectivity index (χ2n) is 8.32. The highest BCUT2D eigenvalue weighted by Crippen LogP contribution is 2.13. The molecule has 8 heteroatoms. The molecule has 1 atom stereocenters. The van der Waals surface area contributed by atoms with Crippen LogP contribution in [0.2, 0.25) is 5.02 Å². The number of hydrogen-bond acceptors (Lipinski definition) is 3. The van der Waals surface area contributed by atoms with Gasteiger partial charge in [-0.2, -0.15) is 5.10 Å². The fourth-order valence-corrected chi connectivity index (χ4v) is 4.13. The topological polar surface area (TPSA) is 65.8 Å². The summed E-state index contributed by atoms with van der Waals surface area (Å²) in [5.41, 5.74) is 3.19. The third kappa shape index (κ3) is 6.47. The van der Waals surface area contributed by atoms with Gasteiger partial charge in [-0.3, -0.25) is 14.5 Å². The van der Waals surface area contributed by atoms with Gasteiger partial charge in [-0.15, -0.1) is 0 Å². The lowest BCUT2D eigenvalue weighted by Gasteiger charge is -2.36. The van der Waals surface area contributed by atoms with E-state index >= 15 is 0 Å². The molecule has 1 aromatic carbocycles. The fourth-order valence-electron chi connectivity index (χ4n) is 3.92. The number of hydrogen-bond donors (Lipinski definition) is 1. The van der Waals surface area contributed by atoms with Crippen LogP contribution in [0.5, 0.6) is 0 Å². The number of benzene rings is 1. The predicted molar refractivity (Wildman–Crippen MR) is 126 cm³/mol. The summed E-state index contributed by atoms with van der Waals surface area (Å²) in [5.74, 6) is 1.45. The van der Waals surface area contributed by atoms with E-state index in [0.29, 0.717) is 30.5 Å². The number of guanidine groups is 1. The number of carbonyl (C=O) groups excluding carboxylic acids is 1. The molecule has 2 aromatic rings. The number of nitrogens with zero attached hydrogens (tertiary/aromatic N) is 5. The molecule has 1 aliphatic rings. The van der Waals surface area contributed by atoms with Crippen LogP contribution in [0, 0.1) is 19.8 Å². The normalized spacial score (nSPS) is 15.8. The van der Waals surface area contributed by atoms with Crippen LogP contribution in [0.4, 0.5) is 0 Å². The van der Waals surface area contributed by atoms with Gasteiger partial charge in [0.05, 0.1) is 12.1 Å². The largest absolute Gasteiger partial charge is 0.356 e. The van der Waals surface area contributed by atoms with E-state index in [1.54, 1.807) is 0 Å². The highest BCUT2D eigenvalue weighted by atomic mass is 35.5. The van der Waals surface area contributed by atoms with Crippen molar-refractivity contribution in [2.24, 2.45) is 10.9 Å². The van der Waals surface area contributed by atoms with Crippen molar-refractivity contribution in [2.75, 3.05) is 39.8 Å². The number of amides is 1. The number of aryl methyl sites for hydroxylation is 2. The van der Waals surface area contributed by atoms with Gasteiger partial charge >= 0.3 is 0 Å². The van der Waals surface area contributed by atoms with Crippen molar-refractivity contribution in [3.8, 4) is 0 Å². The fraction of sp³-hybridized carbons (Fsp3) is 0.522. The second kappa shape index (κ2) is 10.7. The molecule has 1 aromatic heterocycles. The van der Waals surface area contributed by atoms with E-state index in [1.807, 2.05) is 43.1 Å². The van der Waals surface area contributed by atoms with Crippen molar-refractivity contribution < 1.29 is 4.79 Å². The van der Waals surface area contributed by atoms with Gasteiger partial charge in [0, 0.05) is 57.0 Å². The lowest BCUT2D eigenvalue weighted by Crippen LogP contribution is -2.54. The first-order chi connectivity index (χ1) is 14.9. The molecule has 2 heterocycles. The summed E-state index contributed by atoms with van der Waals surface area (Å²) in [7, 11) is 1.81. The maximum atomic E-state index is 12.7. The van der Waals surface area contributed by atoms with Crippen molar-refractivity contribution in [2.45, 2.75) is 33.7 Å². The van der Waals surface area contributed by atoms with Crippen LogP contribution in [-0.4, -0.2) is 71.2 Å². The van der Waals surface area contributed by atoms with E-state index in [4.69, 9.17) is 11.6 Å². The molecule has 0 saturated carbocycles. The van der Waals surface area contributed by atoms with E-state index in [1.165, 1.54) is 5.69 Å². The molecule has 1 aliphatic heterocycles. The van der Waals surface area contributed by atoms with E-state index < -0.39 is 0 Å². The Bertz CT molecular complexity index is 917. The molecule has 1 saturated heterocycles. The Kier molecular flexibility index (Phi) is 7.96. The molecule has 1 N–H and O–H groups in total. The smallest absolute Gasteiger partial charge is 0.227 e. The lowest BCUT2D eigenvalue weighted by molar-refractivity contribution is -0.131. The van der Waals surface area contributed by atoms with Gasteiger partial charge in [0.2, 0.25) is 5.91 Å². The number of carbonyl (C=O) groups is 1. The molecule has 0 radical (unpaired) electrons. The van der Waals surface area contributed by atoms with Crippen LogP contribution in [0.15, 0.2) is 35.3 Å². The third-order valence-electron chi connectivity index (χ3n) is 5.58. The number of rotatable bonds is 6. The number of piperazine rings is 1. The first kappa shape index (κ1) is 23.1. The summed E-state index contributed by atoms with van der Waals surface area (Å²) in [6.45, 7) is 10.9. The molecule has 3 rings (SSSR count). The summed E-state index contributed by atoms with van der Waals surface area (Å²) in [5, 5.41) is 8.71. The lowest BCUT2D eigenvalue weighted by atomic mass is 10.1. The molecule has 7 nitrogen and oxygen atoms in total. The zero-order valence-corrected chi connectivity index (χ0v) is 19.7. The number of nitrogens with one attached hydrogen (secondary N) is 1. The molecule has 0 spiro atoms. The average molecular weight is 445 g/mol. The Morgan fingerprint density at radius 3 is 2.52 bits per heavy atom. The van der Waals surface area contributed by atoms with Crippen molar-refractivity contribution in [3.05, 3.63) is 52.3 Å². The minimum absolute atomic E-state index is 0.142. The van der Waals surface area contributed by atoms with Crippen LogP contribution in [0.25, 0.3) is 0 Å². The quantitative estimate of drug-likeness (QED) is 0.549. The molecule has 1 unspecified atom stereocenters. The van der Waals surface area contributed by atoms with Crippen molar-refractivity contribution in [3.63, 3.8) is 0 Å². The maximum absolute atomic E-state index is 12.7. The van der Waals surface area contributed by atoms with Gasteiger partial charge in [-0.1, -0.05) is 30.7 Å². The average Bonchev–Trinajstić information content (AvgIpc) is 3.05. The van der Waals surface area contributed by atoms with Gasteiger partial charge in [-0.05, 0) is 43.5 Å². The molecule has 1 fully saturated rings. The molecular weight excluding hydrogens is 412 g/mol. The molecule has 1 amide bonds. The van der Waals surface area contributed by atoms with Gasteiger partial charge in [0.15, 0.2) is 5.96 Å². The monoisotopic (exact) mass is 444 g/mol. The van der Waals surface area contributed by atoms with Crippen molar-refractivity contribution >= 4 is 23.5 Å². The standard InChI is InChI=1S/C23H33ClN6O/c1-17(16-30-19(3)12-18(2)27-30)15-26-23(25-4)29-10-8-28(9-11-29)22(31)14-20-6-5-7-21(24)13-20/h5-7,12-13,17H,8-11,14-16H2,1-4H3,(H,25,26). The highest BCUT2D eigenvalue weighted by molar-refractivity contribution is 6.30. The molecule has 168 valence electrons. The molecular formula is C23H33ClN6O. The zero-order valence-electron chi connectivity index (χ0n) is 18.9. The number of aromatic nitrogens is 2. The van der Waals surface area contributed by atoms with E-state index in [2.05, 4.69) is 44.9 Å². The van der Waals surface area contributed by atoms with Crippen LogP contribution in [-0.2, 0) is 17.8 Å². The number of halogens is 1. The summed E-state index contributed by atoms with van der Waals surface area (Å²) in [6.07, 6.45) is 0.386. The summed E-state index contributed by atoms with van der Waals surface area (Å²) in [4.78, 5) is 21.3. The van der Waals surface area contributed by atoms with Crippen molar-refractivity contribution in [1.82, 2.24) is 24.9 Å². The first-order valence-electron chi connectivity index (χ1n) is 10.8. The SMILES string of the molecule is CN=C(NCC(C)Cn1nc(C)cc1C)N1CCN(C(=O)Cc2cccc(Cl)c2)CC1.